The molecule has 2 amide bonds. The van der Waals surface area contributed by atoms with Gasteiger partial charge in [0, 0.05) is 12.1 Å². The van der Waals surface area contributed by atoms with Gasteiger partial charge in [-0.05, 0) is 30.7 Å². The number of amides is 2. The van der Waals surface area contributed by atoms with Crippen LogP contribution in [0.2, 0.25) is 5.02 Å². The monoisotopic (exact) mass is 517 g/mol. The fourth-order valence-corrected chi connectivity index (χ4v) is 4.74. The van der Waals surface area contributed by atoms with Gasteiger partial charge in [-0.1, -0.05) is 70.2 Å². The predicted octanol–water partition coefficient (Wildman–Crippen LogP) is 4.95. The molecule has 0 saturated heterocycles. The minimum Gasteiger partial charge on any atom is -0.360 e. The van der Waals surface area contributed by atoms with Crippen LogP contribution >= 0.6 is 34.7 Å². The highest BCUT2D eigenvalue weighted by molar-refractivity contribution is 8.01. The number of halogens is 2. The number of aryl methyl sites for hydroxylation is 1. The summed E-state index contributed by atoms with van der Waals surface area (Å²) in [5, 5.41) is 18.1. The molecule has 2 N–H and O–H groups in total. The second-order valence-corrected chi connectivity index (χ2v) is 9.57. The van der Waals surface area contributed by atoms with Crippen LogP contribution in [0.5, 0.6) is 0 Å². The van der Waals surface area contributed by atoms with Gasteiger partial charge in [-0.3, -0.25) is 14.9 Å². The van der Waals surface area contributed by atoms with E-state index in [4.69, 9.17) is 16.1 Å². The Balaban J connectivity index is 1.34. The van der Waals surface area contributed by atoms with E-state index in [1.54, 1.807) is 43.3 Å². The molecule has 2 aromatic carbocycles. The maximum Gasteiger partial charge on any atom is 0.263 e. The molecular formula is C22H17ClFN5O3S2. The van der Waals surface area contributed by atoms with E-state index in [9.17, 15) is 14.0 Å². The number of benzene rings is 2. The van der Waals surface area contributed by atoms with Crippen molar-refractivity contribution in [3.05, 3.63) is 76.3 Å². The van der Waals surface area contributed by atoms with Gasteiger partial charge >= 0.3 is 0 Å². The largest absolute Gasteiger partial charge is 0.360 e. The molecule has 2 aromatic heterocycles. The Hall–Kier alpha value is -3.28. The molecule has 0 aliphatic carbocycles. The molecule has 0 saturated carbocycles. The molecular weight excluding hydrogens is 501 g/mol. The zero-order chi connectivity index (χ0) is 24.1. The lowest BCUT2D eigenvalue weighted by Crippen LogP contribution is -2.24. The Morgan fingerprint density at radius 2 is 1.91 bits per heavy atom. The number of hydrogen-bond donors (Lipinski definition) is 2. The Kier molecular flexibility index (Phi) is 7.56. The van der Waals surface area contributed by atoms with Crippen LogP contribution in [0.4, 0.5) is 9.52 Å². The predicted molar refractivity (Wildman–Crippen MR) is 129 cm³/mol. The number of hydrogen-bond acceptors (Lipinski definition) is 8. The zero-order valence-electron chi connectivity index (χ0n) is 17.7. The van der Waals surface area contributed by atoms with E-state index in [0.717, 1.165) is 16.9 Å². The molecule has 0 aliphatic heterocycles. The molecule has 8 nitrogen and oxygen atoms in total. The number of rotatable bonds is 8. The van der Waals surface area contributed by atoms with Crippen LogP contribution in [-0.4, -0.2) is 32.9 Å². The minimum atomic E-state index is -0.460. The summed E-state index contributed by atoms with van der Waals surface area (Å²) in [4.78, 5) is 25.0. The lowest BCUT2D eigenvalue weighted by Gasteiger charge is -2.04. The van der Waals surface area contributed by atoms with Gasteiger partial charge in [0.1, 0.15) is 22.8 Å². The van der Waals surface area contributed by atoms with Crippen LogP contribution in [0.3, 0.4) is 0 Å². The molecule has 0 spiro atoms. The van der Waals surface area contributed by atoms with Gasteiger partial charge in [0.15, 0.2) is 4.34 Å². The highest BCUT2D eigenvalue weighted by Gasteiger charge is 2.24. The molecule has 0 unspecified atom stereocenters. The smallest absolute Gasteiger partial charge is 0.263 e. The van der Waals surface area contributed by atoms with Gasteiger partial charge in [0.05, 0.1) is 10.8 Å². The second-order valence-electron chi connectivity index (χ2n) is 6.96. The van der Waals surface area contributed by atoms with E-state index in [1.165, 1.54) is 23.9 Å². The first-order valence-corrected chi connectivity index (χ1v) is 12.1. The lowest BCUT2D eigenvalue weighted by atomic mass is 10.1. The highest BCUT2D eigenvalue weighted by atomic mass is 35.5. The molecule has 0 radical (unpaired) electrons. The van der Waals surface area contributed by atoms with E-state index in [0.29, 0.717) is 32.9 Å². The first-order valence-electron chi connectivity index (χ1n) is 9.90. The van der Waals surface area contributed by atoms with Crippen LogP contribution in [0, 0.1) is 12.7 Å². The molecule has 174 valence electrons. The van der Waals surface area contributed by atoms with E-state index in [-0.39, 0.29) is 28.2 Å². The van der Waals surface area contributed by atoms with Gasteiger partial charge in [0.25, 0.3) is 5.91 Å². The normalized spacial score (nSPS) is 10.8. The van der Waals surface area contributed by atoms with Crippen molar-refractivity contribution >= 4 is 51.6 Å². The minimum absolute atomic E-state index is 0.116. The van der Waals surface area contributed by atoms with Crippen molar-refractivity contribution < 1.29 is 18.5 Å². The summed E-state index contributed by atoms with van der Waals surface area (Å²) >= 11 is 8.58. The van der Waals surface area contributed by atoms with Gasteiger partial charge in [-0.15, -0.1) is 10.2 Å². The topological polar surface area (TPSA) is 110 Å². The van der Waals surface area contributed by atoms with Crippen molar-refractivity contribution in [2.75, 3.05) is 11.1 Å². The van der Waals surface area contributed by atoms with E-state index in [1.807, 2.05) is 0 Å². The summed E-state index contributed by atoms with van der Waals surface area (Å²) in [6, 6.07) is 12.9. The van der Waals surface area contributed by atoms with E-state index >= 15 is 0 Å². The molecule has 4 aromatic rings. The first kappa shape index (κ1) is 23.9. The Bertz CT molecular complexity index is 1330. The molecule has 0 aliphatic rings. The van der Waals surface area contributed by atoms with Crippen molar-refractivity contribution in [1.82, 2.24) is 20.7 Å². The number of nitrogens with zero attached hydrogens (tertiary/aromatic N) is 3. The number of anilines is 1. The number of nitrogens with one attached hydrogen (secondary N) is 2. The third kappa shape index (κ3) is 5.79. The number of aromatic nitrogens is 3. The molecule has 0 bridgehead atoms. The average molecular weight is 518 g/mol. The lowest BCUT2D eigenvalue weighted by molar-refractivity contribution is -0.118. The van der Waals surface area contributed by atoms with Gasteiger partial charge in [-0.2, -0.15) is 0 Å². The third-order valence-electron chi connectivity index (χ3n) is 4.58. The molecule has 0 fully saturated rings. The summed E-state index contributed by atoms with van der Waals surface area (Å²) in [5.41, 5.74) is 1.95. The van der Waals surface area contributed by atoms with Crippen LogP contribution in [0.1, 0.15) is 21.7 Å². The van der Waals surface area contributed by atoms with Crippen LogP contribution in [-0.2, 0) is 11.3 Å². The number of thioether (sulfide) groups is 1. The molecule has 2 heterocycles. The zero-order valence-corrected chi connectivity index (χ0v) is 20.1. The second kappa shape index (κ2) is 10.8. The third-order valence-corrected chi connectivity index (χ3v) is 6.88. The maximum atomic E-state index is 12.9. The van der Waals surface area contributed by atoms with Crippen molar-refractivity contribution in [1.29, 1.82) is 0 Å². The van der Waals surface area contributed by atoms with Gasteiger partial charge < -0.3 is 9.84 Å². The summed E-state index contributed by atoms with van der Waals surface area (Å²) in [7, 11) is 0. The molecule has 12 heteroatoms. The Labute approximate surface area is 206 Å². The summed E-state index contributed by atoms with van der Waals surface area (Å²) in [6.45, 7) is 1.93. The van der Waals surface area contributed by atoms with Crippen LogP contribution < -0.4 is 10.6 Å². The fraction of sp³-hybridized carbons (Fsp3) is 0.136. The quantitative estimate of drug-likeness (QED) is 0.251. The molecule has 4 rings (SSSR count). The van der Waals surface area contributed by atoms with Crippen LogP contribution in [0.15, 0.2) is 57.4 Å². The van der Waals surface area contributed by atoms with Crippen molar-refractivity contribution in [2.24, 2.45) is 0 Å². The van der Waals surface area contributed by atoms with Crippen LogP contribution in [0.25, 0.3) is 11.3 Å². The molecule has 34 heavy (non-hydrogen) atoms. The average Bonchev–Trinajstić information content (AvgIpc) is 3.43. The number of carbonyl (C=O) groups excluding carboxylic acids is 2. The van der Waals surface area contributed by atoms with E-state index < -0.39 is 5.91 Å². The van der Waals surface area contributed by atoms with E-state index in [2.05, 4.69) is 26.0 Å². The summed E-state index contributed by atoms with van der Waals surface area (Å²) < 4.78 is 18.7. The maximum absolute atomic E-state index is 12.9. The SMILES string of the molecule is Cc1onc(-c2ccccc2Cl)c1C(=O)Nc1nnc(SCC(=O)NCc2ccc(F)cc2)s1. The van der Waals surface area contributed by atoms with Crippen molar-refractivity contribution in [2.45, 2.75) is 17.8 Å². The molecule has 0 atom stereocenters. The summed E-state index contributed by atoms with van der Waals surface area (Å²) in [6.07, 6.45) is 0. The van der Waals surface area contributed by atoms with Crippen molar-refractivity contribution in [3.8, 4) is 11.3 Å². The standard InChI is InChI=1S/C22H17ClFN5O3S2/c1-12-18(19(29-32-12)15-4-2-3-5-16(15)23)20(31)26-21-27-28-22(34-21)33-11-17(30)25-10-13-6-8-14(24)9-7-13/h2-9H,10-11H2,1H3,(H,25,30)(H,26,27,31). The van der Waals surface area contributed by atoms with Crippen molar-refractivity contribution in [3.63, 3.8) is 0 Å². The Morgan fingerprint density at radius 1 is 1.15 bits per heavy atom. The first-order chi connectivity index (χ1) is 16.4. The Morgan fingerprint density at radius 3 is 2.68 bits per heavy atom. The highest BCUT2D eigenvalue weighted by Crippen LogP contribution is 2.32. The fourth-order valence-electron chi connectivity index (χ4n) is 2.94. The summed E-state index contributed by atoms with van der Waals surface area (Å²) in [5.74, 6) is -0.544. The number of carbonyl (C=O) groups is 2. The van der Waals surface area contributed by atoms with Gasteiger partial charge in [-0.25, -0.2) is 4.39 Å². The van der Waals surface area contributed by atoms with Gasteiger partial charge in [0.2, 0.25) is 11.0 Å².